The third kappa shape index (κ3) is 10.3. The van der Waals surface area contributed by atoms with Crippen LogP contribution in [0.2, 0.25) is 0 Å². The summed E-state index contributed by atoms with van der Waals surface area (Å²) in [5.74, 6) is -4.28. The van der Waals surface area contributed by atoms with Gasteiger partial charge in [-0.05, 0) is 30.9 Å². The normalized spacial score (nSPS) is 21.5. The predicted molar refractivity (Wildman–Crippen MR) is 112 cm³/mol. The van der Waals surface area contributed by atoms with Crippen molar-refractivity contribution < 1.29 is 60.0 Å². The van der Waals surface area contributed by atoms with Crippen LogP contribution in [0.15, 0.2) is 47.4 Å². The van der Waals surface area contributed by atoms with Crippen molar-refractivity contribution in [2.45, 2.75) is 43.9 Å². The minimum absolute atomic E-state index is 0.327. The fourth-order valence-electron chi connectivity index (χ4n) is 3.71. The Bertz CT molecular complexity index is 946. The molecule has 206 valence electrons. The zero-order valence-electron chi connectivity index (χ0n) is 19.1. The summed E-state index contributed by atoms with van der Waals surface area (Å²) in [6.07, 6.45) is -2.31. The van der Waals surface area contributed by atoms with E-state index in [0.29, 0.717) is 30.6 Å². The largest absolute Gasteiger partial charge is 0.490 e. The van der Waals surface area contributed by atoms with Gasteiger partial charge in [-0.1, -0.05) is 6.07 Å². The molecule has 3 heterocycles. The van der Waals surface area contributed by atoms with Gasteiger partial charge in [0.15, 0.2) is 0 Å². The van der Waals surface area contributed by atoms with E-state index in [-0.39, 0.29) is 0 Å². The van der Waals surface area contributed by atoms with Crippen molar-refractivity contribution in [2.24, 2.45) is 5.92 Å². The molecule has 0 amide bonds. The number of aromatic nitrogens is 1. The molecule has 37 heavy (non-hydrogen) atoms. The number of hydrogen-bond donors (Lipinski definition) is 2. The van der Waals surface area contributed by atoms with Crippen LogP contribution in [-0.2, 0) is 20.9 Å². The Balaban J connectivity index is 0.000000286. The Hall–Kier alpha value is -3.33. The molecule has 0 aromatic carbocycles. The van der Waals surface area contributed by atoms with Gasteiger partial charge in [-0.3, -0.25) is 4.90 Å². The van der Waals surface area contributed by atoms with Crippen LogP contribution >= 0.6 is 0 Å². The molecule has 1 aliphatic heterocycles. The fourth-order valence-corrected chi connectivity index (χ4v) is 3.71. The third-order valence-electron chi connectivity index (χ3n) is 5.30. The second kappa shape index (κ2) is 13.3. The number of carbonyl (C=O) groups is 2. The summed E-state index contributed by atoms with van der Waals surface area (Å²) in [5.41, 5.74) is 1.24. The summed E-state index contributed by atoms with van der Waals surface area (Å²) >= 11 is 0. The molecule has 0 spiro atoms. The van der Waals surface area contributed by atoms with Gasteiger partial charge in [-0.15, -0.1) is 0 Å². The number of morpholine rings is 1. The van der Waals surface area contributed by atoms with Crippen molar-refractivity contribution in [3.8, 4) is 5.88 Å². The van der Waals surface area contributed by atoms with Gasteiger partial charge in [0, 0.05) is 37.0 Å². The number of hydrogen-bond acceptors (Lipinski definition) is 7. The van der Waals surface area contributed by atoms with Gasteiger partial charge in [0.1, 0.15) is 0 Å². The van der Waals surface area contributed by atoms with Crippen molar-refractivity contribution >= 4 is 11.9 Å². The fraction of sp³-hybridized carbons (Fsp3) is 0.500. The first kappa shape index (κ1) is 29.9. The van der Waals surface area contributed by atoms with Crippen LogP contribution in [0.1, 0.15) is 18.4 Å². The smallest absolute Gasteiger partial charge is 0.477 e. The summed E-state index contributed by atoms with van der Waals surface area (Å²) in [6, 6.07) is 8.28. The molecule has 2 aromatic rings. The van der Waals surface area contributed by atoms with E-state index >= 15 is 0 Å². The molecule has 2 aliphatic rings. The molecule has 1 saturated heterocycles. The van der Waals surface area contributed by atoms with Gasteiger partial charge in [0.2, 0.25) is 5.88 Å². The van der Waals surface area contributed by atoms with Crippen LogP contribution in [0, 0.1) is 5.92 Å². The predicted octanol–water partition coefficient (Wildman–Crippen LogP) is 4.00. The number of carboxylic acid groups (broad SMARTS) is 2. The van der Waals surface area contributed by atoms with E-state index in [4.69, 9.17) is 33.7 Å². The van der Waals surface area contributed by atoms with E-state index in [1.54, 1.807) is 12.5 Å². The molecule has 1 saturated carbocycles. The number of rotatable bonds is 5. The number of alkyl halides is 6. The topological polar surface area (TPSA) is 122 Å². The first-order chi connectivity index (χ1) is 17.3. The van der Waals surface area contributed by atoms with Crippen LogP contribution in [-0.4, -0.2) is 76.3 Å². The van der Waals surface area contributed by atoms with Crippen LogP contribution in [0.5, 0.6) is 5.88 Å². The summed E-state index contributed by atoms with van der Waals surface area (Å²) in [7, 11) is 0. The van der Waals surface area contributed by atoms with Crippen LogP contribution in [0.25, 0.3) is 0 Å². The highest BCUT2D eigenvalue weighted by molar-refractivity contribution is 5.73. The van der Waals surface area contributed by atoms with Crippen LogP contribution in [0.3, 0.4) is 0 Å². The van der Waals surface area contributed by atoms with Gasteiger partial charge in [-0.2, -0.15) is 26.3 Å². The highest BCUT2D eigenvalue weighted by Gasteiger charge is 2.41. The summed E-state index contributed by atoms with van der Waals surface area (Å²) in [4.78, 5) is 24.5. The van der Waals surface area contributed by atoms with E-state index < -0.39 is 24.3 Å². The number of carboxylic acids is 2. The Labute approximate surface area is 206 Å². The lowest BCUT2D eigenvalue weighted by Crippen LogP contribution is -2.47. The summed E-state index contributed by atoms with van der Waals surface area (Å²) < 4.78 is 80.5. The summed E-state index contributed by atoms with van der Waals surface area (Å²) in [5, 5.41) is 14.2. The minimum atomic E-state index is -5.08. The zero-order valence-corrected chi connectivity index (χ0v) is 19.1. The molecule has 1 aliphatic carbocycles. The van der Waals surface area contributed by atoms with Crippen molar-refractivity contribution in [1.82, 2.24) is 9.88 Å². The van der Waals surface area contributed by atoms with E-state index in [0.717, 1.165) is 32.5 Å². The van der Waals surface area contributed by atoms with Gasteiger partial charge < -0.3 is 24.1 Å². The molecule has 2 N–H and O–H groups in total. The molecule has 0 radical (unpaired) electrons. The Morgan fingerprint density at radius 3 is 2.22 bits per heavy atom. The summed E-state index contributed by atoms with van der Waals surface area (Å²) in [6.45, 7) is 3.45. The molecule has 1 unspecified atom stereocenters. The van der Waals surface area contributed by atoms with Gasteiger partial charge in [0.05, 0.1) is 31.8 Å². The highest BCUT2D eigenvalue weighted by Crippen LogP contribution is 2.35. The number of nitrogens with zero attached hydrogens (tertiary/aromatic N) is 2. The Morgan fingerprint density at radius 2 is 1.70 bits per heavy atom. The first-order valence-electron chi connectivity index (χ1n) is 10.8. The lowest BCUT2D eigenvalue weighted by atomic mass is 10.1. The average molecular weight is 542 g/mol. The van der Waals surface area contributed by atoms with Crippen molar-refractivity contribution in [2.75, 3.05) is 19.8 Å². The maximum atomic E-state index is 10.6. The highest BCUT2D eigenvalue weighted by atomic mass is 19.4. The zero-order chi connectivity index (χ0) is 27.6. The lowest BCUT2D eigenvalue weighted by Gasteiger charge is -2.37. The first-order valence-corrected chi connectivity index (χ1v) is 10.8. The van der Waals surface area contributed by atoms with E-state index in [9.17, 15) is 26.3 Å². The maximum Gasteiger partial charge on any atom is 0.490 e. The van der Waals surface area contributed by atoms with Gasteiger partial charge in [-0.25, -0.2) is 14.6 Å². The molecule has 3 atom stereocenters. The second-order valence-electron chi connectivity index (χ2n) is 8.00. The molecule has 2 fully saturated rings. The lowest BCUT2D eigenvalue weighted by molar-refractivity contribution is -0.193. The number of aliphatic carboxylic acids is 2. The van der Waals surface area contributed by atoms with Crippen LogP contribution < -0.4 is 4.74 Å². The number of fused-ring (bicyclic) bond motifs is 1. The Morgan fingerprint density at radius 1 is 1.05 bits per heavy atom. The SMILES string of the molecule is O=C(O)C(F)(F)F.O=C(O)C(F)(F)F.c1ccc(OCC2C[C@@H]3[C@@H](C2)OCCN3Cc2ccoc2)nc1. The molecule has 9 nitrogen and oxygen atoms in total. The number of halogens is 6. The quantitative estimate of drug-likeness (QED) is 0.540. The van der Waals surface area contributed by atoms with E-state index in [2.05, 4.69) is 9.88 Å². The monoisotopic (exact) mass is 542 g/mol. The van der Waals surface area contributed by atoms with Crippen molar-refractivity contribution in [3.63, 3.8) is 0 Å². The second-order valence-corrected chi connectivity index (χ2v) is 8.00. The van der Waals surface area contributed by atoms with E-state index in [1.807, 2.05) is 30.5 Å². The molecular formula is C22H24F6N2O7. The van der Waals surface area contributed by atoms with E-state index in [1.165, 1.54) is 5.56 Å². The minimum Gasteiger partial charge on any atom is -0.477 e. The molecule has 4 rings (SSSR count). The standard InChI is InChI=1S/C18H22N2O3.2C2HF3O2/c1-2-5-19-18(3-1)23-13-15-9-16-17(10-15)22-8-6-20(16)11-14-4-7-21-12-14;2*3-2(4,5)1(6)7/h1-5,7,12,15-17H,6,8-11,13H2;2*(H,6,7)/t15?,16-,17-;;/m1../s1. The molecule has 15 heteroatoms. The van der Waals surface area contributed by atoms with Crippen LogP contribution in [0.4, 0.5) is 26.3 Å². The van der Waals surface area contributed by atoms with Gasteiger partial charge >= 0.3 is 24.3 Å². The number of pyridine rings is 1. The third-order valence-corrected chi connectivity index (χ3v) is 5.30. The molecular weight excluding hydrogens is 518 g/mol. The molecule has 2 aromatic heterocycles. The van der Waals surface area contributed by atoms with Crippen molar-refractivity contribution in [3.05, 3.63) is 48.6 Å². The average Bonchev–Trinajstić information content (AvgIpc) is 3.48. The molecule has 0 bridgehead atoms. The van der Waals surface area contributed by atoms with Crippen molar-refractivity contribution in [1.29, 1.82) is 0 Å². The van der Waals surface area contributed by atoms with Gasteiger partial charge in [0.25, 0.3) is 0 Å². The maximum absolute atomic E-state index is 10.6. The number of ether oxygens (including phenoxy) is 2. The Kier molecular flexibility index (Phi) is 10.7. The number of furan rings is 1.